The van der Waals surface area contributed by atoms with Crippen LogP contribution >= 0.6 is 11.6 Å². The van der Waals surface area contributed by atoms with E-state index < -0.39 is 0 Å². The Labute approximate surface area is 135 Å². The topological polar surface area (TPSA) is 78.4 Å². The maximum Gasteiger partial charge on any atom is 0.226 e. The first-order valence-corrected chi connectivity index (χ1v) is 7.92. The van der Waals surface area contributed by atoms with Crippen molar-refractivity contribution in [3.63, 3.8) is 0 Å². The van der Waals surface area contributed by atoms with E-state index in [4.69, 9.17) is 11.6 Å². The van der Waals surface area contributed by atoms with Crippen molar-refractivity contribution >= 4 is 29.1 Å². The normalized spacial score (nSPS) is 16.3. The van der Waals surface area contributed by atoms with Crippen LogP contribution in [0.2, 0.25) is 5.02 Å². The molecule has 1 saturated carbocycles. The number of hydrogen-bond donors (Lipinski definition) is 3. The molecule has 1 unspecified atom stereocenters. The number of halogens is 1. The van der Waals surface area contributed by atoms with Crippen molar-refractivity contribution in [1.29, 1.82) is 0 Å². The first-order chi connectivity index (χ1) is 10.5. The predicted molar refractivity (Wildman–Crippen MR) is 85.9 cm³/mol. The Hall–Kier alpha value is -1.75. The van der Waals surface area contributed by atoms with E-state index in [0.717, 1.165) is 25.7 Å². The molecule has 1 fully saturated rings. The molecule has 22 heavy (non-hydrogen) atoms. The Balaban J connectivity index is 1.81. The Morgan fingerprint density at radius 2 is 2.05 bits per heavy atom. The van der Waals surface area contributed by atoms with Crippen LogP contribution in [0.15, 0.2) is 18.2 Å². The zero-order valence-electron chi connectivity index (χ0n) is 12.6. The van der Waals surface area contributed by atoms with Crippen LogP contribution < -0.4 is 10.6 Å². The monoisotopic (exact) mass is 324 g/mol. The molecule has 0 aliphatic heterocycles. The summed E-state index contributed by atoms with van der Waals surface area (Å²) in [5.74, 6) is -0.224. The second kappa shape index (κ2) is 7.49. The first kappa shape index (κ1) is 16.6. The number of benzene rings is 1. The molecule has 1 aromatic carbocycles. The van der Waals surface area contributed by atoms with Gasteiger partial charge in [0.2, 0.25) is 11.8 Å². The molecule has 0 saturated heterocycles. The molecular weight excluding hydrogens is 304 g/mol. The highest BCUT2D eigenvalue weighted by Crippen LogP contribution is 2.27. The molecule has 1 aromatic rings. The van der Waals surface area contributed by atoms with E-state index in [1.54, 1.807) is 13.0 Å². The van der Waals surface area contributed by atoms with E-state index in [1.807, 2.05) is 0 Å². The third kappa shape index (κ3) is 4.63. The fourth-order valence-corrected chi connectivity index (χ4v) is 2.86. The average molecular weight is 325 g/mol. The minimum atomic E-state index is -0.267. The summed E-state index contributed by atoms with van der Waals surface area (Å²) in [6.45, 7) is 1.80. The minimum absolute atomic E-state index is 0.0344. The zero-order valence-corrected chi connectivity index (χ0v) is 13.3. The Kier molecular flexibility index (Phi) is 5.66. The van der Waals surface area contributed by atoms with Crippen molar-refractivity contribution in [1.82, 2.24) is 5.32 Å². The van der Waals surface area contributed by atoms with Crippen molar-refractivity contribution < 1.29 is 14.7 Å². The average Bonchev–Trinajstić information content (AvgIpc) is 2.95. The number of phenols is 1. The van der Waals surface area contributed by atoms with Gasteiger partial charge in [0.1, 0.15) is 5.75 Å². The number of amides is 2. The molecule has 0 spiro atoms. The lowest BCUT2D eigenvalue weighted by atomic mass is 10.1. The summed E-state index contributed by atoms with van der Waals surface area (Å²) in [6, 6.07) is 4.24. The lowest BCUT2D eigenvalue weighted by molar-refractivity contribution is -0.125. The number of carbonyl (C=O) groups excluding carboxylic acids is 2. The highest BCUT2D eigenvalue weighted by Gasteiger charge is 2.24. The van der Waals surface area contributed by atoms with Crippen molar-refractivity contribution in [2.75, 3.05) is 5.32 Å². The van der Waals surface area contributed by atoms with Crippen molar-refractivity contribution in [3.05, 3.63) is 23.2 Å². The minimum Gasteiger partial charge on any atom is -0.506 e. The molecular formula is C16H21ClN2O3. The van der Waals surface area contributed by atoms with Crippen LogP contribution in [0.3, 0.4) is 0 Å². The quantitative estimate of drug-likeness (QED) is 0.728. The molecule has 2 rings (SSSR count). The van der Waals surface area contributed by atoms with E-state index >= 15 is 0 Å². The van der Waals surface area contributed by atoms with E-state index in [2.05, 4.69) is 10.6 Å². The Bertz CT molecular complexity index is 556. The molecule has 1 aliphatic rings. The van der Waals surface area contributed by atoms with Crippen molar-refractivity contribution in [2.24, 2.45) is 5.92 Å². The maximum absolute atomic E-state index is 12.0. The van der Waals surface area contributed by atoms with Crippen LogP contribution in [0.4, 0.5) is 5.69 Å². The number of nitrogens with one attached hydrogen (secondary N) is 2. The Morgan fingerprint density at radius 3 is 2.68 bits per heavy atom. The van der Waals surface area contributed by atoms with Crippen LogP contribution in [0.25, 0.3) is 0 Å². The van der Waals surface area contributed by atoms with Gasteiger partial charge in [-0.1, -0.05) is 24.4 Å². The fourth-order valence-electron chi connectivity index (χ4n) is 2.69. The van der Waals surface area contributed by atoms with E-state index in [-0.39, 0.29) is 35.9 Å². The van der Waals surface area contributed by atoms with Gasteiger partial charge >= 0.3 is 0 Å². The molecule has 2 amide bonds. The molecule has 0 bridgehead atoms. The maximum atomic E-state index is 12.0. The van der Waals surface area contributed by atoms with E-state index in [0.29, 0.717) is 10.7 Å². The lowest BCUT2D eigenvalue weighted by Gasteiger charge is -2.17. The number of phenolic OH excluding ortho intramolecular Hbond substituents is 1. The van der Waals surface area contributed by atoms with Gasteiger partial charge in [0, 0.05) is 29.5 Å². The molecule has 120 valence electrons. The number of hydrogen-bond acceptors (Lipinski definition) is 3. The molecule has 0 heterocycles. The molecule has 0 aromatic heterocycles. The van der Waals surface area contributed by atoms with Gasteiger partial charge in [-0.2, -0.15) is 0 Å². The third-order valence-electron chi connectivity index (χ3n) is 3.84. The molecule has 3 N–H and O–H groups in total. The molecule has 5 nitrogen and oxygen atoms in total. The van der Waals surface area contributed by atoms with E-state index in [1.165, 1.54) is 12.1 Å². The second-order valence-corrected chi connectivity index (χ2v) is 6.24. The van der Waals surface area contributed by atoms with Crippen LogP contribution in [0.5, 0.6) is 5.75 Å². The largest absolute Gasteiger partial charge is 0.506 e. The van der Waals surface area contributed by atoms with Gasteiger partial charge in [0.25, 0.3) is 0 Å². The van der Waals surface area contributed by atoms with Crippen LogP contribution in [-0.2, 0) is 9.59 Å². The lowest BCUT2D eigenvalue weighted by Crippen LogP contribution is -2.38. The first-order valence-electron chi connectivity index (χ1n) is 7.54. The van der Waals surface area contributed by atoms with Gasteiger partial charge in [0.05, 0.1) is 5.69 Å². The van der Waals surface area contributed by atoms with Gasteiger partial charge in [-0.15, -0.1) is 0 Å². The second-order valence-electron chi connectivity index (χ2n) is 5.80. The van der Waals surface area contributed by atoms with Gasteiger partial charge in [-0.05, 0) is 31.9 Å². The van der Waals surface area contributed by atoms with Crippen LogP contribution in [-0.4, -0.2) is 23.0 Å². The predicted octanol–water partition coefficient (Wildman–Crippen LogP) is 3.07. The number of carbonyl (C=O) groups is 2. The summed E-state index contributed by atoms with van der Waals surface area (Å²) in [5, 5.41) is 15.6. The smallest absolute Gasteiger partial charge is 0.226 e. The number of anilines is 1. The summed E-state index contributed by atoms with van der Waals surface area (Å²) < 4.78 is 0. The Morgan fingerprint density at radius 1 is 1.36 bits per heavy atom. The fraction of sp³-hybridized carbons (Fsp3) is 0.500. The molecule has 1 atom stereocenters. The van der Waals surface area contributed by atoms with Gasteiger partial charge in [-0.3, -0.25) is 9.59 Å². The summed E-state index contributed by atoms with van der Waals surface area (Å²) in [4.78, 5) is 23.9. The van der Waals surface area contributed by atoms with Crippen LogP contribution in [0.1, 0.15) is 39.0 Å². The number of rotatable bonds is 5. The highest BCUT2D eigenvalue weighted by atomic mass is 35.5. The van der Waals surface area contributed by atoms with Gasteiger partial charge in [0.15, 0.2) is 0 Å². The highest BCUT2D eigenvalue weighted by molar-refractivity contribution is 6.30. The third-order valence-corrected chi connectivity index (χ3v) is 4.08. The van der Waals surface area contributed by atoms with Gasteiger partial charge in [-0.25, -0.2) is 0 Å². The van der Waals surface area contributed by atoms with Crippen molar-refractivity contribution in [2.45, 2.75) is 45.1 Å². The number of aromatic hydroxyl groups is 1. The van der Waals surface area contributed by atoms with Gasteiger partial charge < -0.3 is 15.7 Å². The summed E-state index contributed by atoms with van der Waals surface area (Å²) in [6.07, 6.45) is 4.22. The summed E-state index contributed by atoms with van der Waals surface area (Å²) >= 11 is 5.74. The summed E-state index contributed by atoms with van der Waals surface area (Å²) in [7, 11) is 0. The SMILES string of the molecule is CC(CC(=O)Nc1ccc(Cl)cc1O)NC(=O)C1CCCC1. The van der Waals surface area contributed by atoms with Crippen molar-refractivity contribution in [3.8, 4) is 5.75 Å². The molecule has 1 aliphatic carbocycles. The molecule has 0 radical (unpaired) electrons. The zero-order chi connectivity index (χ0) is 16.1. The standard InChI is InChI=1S/C16H21ClN2O3/c1-10(18-16(22)11-4-2-3-5-11)8-15(21)19-13-7-6-12(17)9-14(13)20/h6-7,9-11,20H,2-5,8H2,1H3,(H,18,22)(H,19,21). The summed E-state index contributed by atoms with van der Waals surface area (Å²) in [5.41, 5.74) is 0.309. The van der Waals surface area contributed by atoms with Crippen LogP contribution in [0, 0.1) is 5.92 Å². The molecule has 6 heteroatoms. The van der Waals surface area contributed by atoms with E-state index in [9.17, 15) is 14.7 Å².